The van der Waals surface area contributed by atoms with Crippen molar-refractivity contribution < 1.29 is 28.7 Å². The minimum atomic E-state index is -1.31. The number of methoxy groups -OCH3 is 1. The van der Waals surface area contributed by atoms with Crippen molar-refractivity contribution in [2.24, 2.45) is 5.92 Å². The maximum absolute atomic E-state index is 13.6. The molecule has 0 aromatic heterocycles. The van der Waals surface area contributed by atoms with Crippen molar-refractivity contribution in [3.63, 3.8) is 0 Å². The molecule has 0 saturated carbocycles. The number of alkyl carbamates (subject to hydrolysis) is 1. The molecule has 2 N–H and O–H groups in total. The van der Waals surface area contributed by atoms with Crippen LogP contribution in [0.25, 0.3) is 0 Å². The highest BCUT2D eigenvalue weighted by Crippen LogP contribution is 2.24. The Bertz CT molecular complexity index is 996. The maximum Gasteiger partial charge on any atom is 0.408 e. The van der Waals surface area contributed by atoms with Crippen LogP contribution in [0.1, 0.15) is 58.2 Å². The molecule has 0 heterocycles. The molecule has 1 aromatic carbocycles. The summed E-state index contributed by atoms with van der Waals surface area (Å²) in [5, 5.41) is 4.99. The largest absolute Gasteiger partial charge is 0.468 e. The third-order valence-electron chi connectivity index (χ3n) is 4.61. The zero-order valence-electron chi connectivity index (χ0n) is 21.0. The van der Waals surface area contributed by atoms with E-state index in [4.69, 9.17) is 17.6 Å². The molecule has 0 fully saturated rings. The van der Waals surface area contributed by atoms with E-state index in [2.05, 4.69) is 27.3 Å². The number of amides is 3. The van der Waals surface area contributed by atoms with E-state index >= 15 is 0 Å². The number of nitrogens with one attached hydrogen (secondary N) is 2. The van der Waals surface area contributed by atoms with E-state index < -0.39 is 48.1 Å². The molecule has 0 spiro atoms. The van der Waals surface area contributed by atoms with Crippen molar-refractivity contribution in [1.82, 2.24) is 15.5 Å². The van der Waals surface area contributed by atoms with Crippen LogP contribution in [0.4, 0.5) is 4.79 Å². The standard InChI is InChI=1S/C26H33N3O6/c1-9-18-11-13-19(14-12-18)22(23(31)27-16-21(30)34-8)29(10-2)24(32)20(15-17(3)4)28-25(33)35-26(5,6)7/h1-2,11-14,17,20,22H,15-16H2,3-8H3,(H,27,31)(H,28,33). The minimum absolute atomic E-state index is 0.0000225. The second-order valence-electron chi connectivity index (χ2n) is 9.13. The van der Waals surface area contributed by atoms with Gasteiger partial charge >= 0.3 is 12.1 Å². The summed E-state index contributed by atoms with van der Waals surface area (Å²) in [6.45, 7) is 8.41. The highest BCUT2D eigenvalue weighted by Gasteiger charge is 2.36. The van der Waals surface area contributed by atoms with Crippen LogP contribution < -0.4 is 10.6 Å². The summed E-state index contributed by atoms with van der Waals surface area (Å²) >= 11 is 0. The van der Waals surface area contributed by atoms with Gasteiger partial charge in [0.1, 0.15) is 24.2 Å². The van der Waals surface area contributed by atoms with Gasteiger partial charge in [0.15, 0.2) is 0 Å². The zero-order valence-corrected chi connectivity index (χ0v) is 21.0. The summed E-state index contributed by atoms with van der Waals surface area (Å²) < 4.78 is 9.84. The lowest BCUT2D eigenvalue weighted by Crippen LogP contribution is -2.52. The van der Waals surface area contributed by atoms with E-state index in [0.717, 1.165) is 4.90 Å². The second kappa shape index (κ2) is 13.0. The van der Waals surface area contributed by atoms with Gasteiger partial charge in [0, 0.05) is 11.6 Å². The molecule has 0 saturated heterocycles. The van der Waals surface area contributed by atoms with Crippen LogP contribution in [0.2, 0.25) is 0 Å². The number of nitrogens with zero attached hydrogens (tertiary/aromatic N) is 1. The van der Waals surface area contributed by atoms with Crippen molar-refractivity contribution >= 4 is 23.9 Å². The molecule has 0 radical (unpaired) electrons. The van der Waals surface area contributed by atoms with E-state index in [1.165, 1.54) is 7.11 Å². The summed E-state index contributed by atoms with van der Waals surface area (Å²) in [5.41, 5.74) is 0.139. The lowest BCUT2D eigenvalue weighted by molar-refractivity contribution is -0.143. The van der Waals surface area contributed by atoms with Crippen LogP contribution >= 0.6 is 0 Å². The maximum atomic E-state index is 13.6. The predicted molar refractivity (Wildman–Crippen MR) is 130 cm³/mol. The summed E-state index contributed by atoms with van der Waals surface area (Å²) in [6, 6.07) is 6.21. The SMILES string of the molecule is C#Cc1ccc(C(C(=O)NCC(=O)OC)N(C#C)C(=O)C(CC(C)C)NC(=O)OC(C)(C)C)cc1. The number of rotatable bonds is 9. The van der Waals surface area contributed by atoms with Crippen LogP contribution in [-0.4, -0.2) is 54.1 Å². The molecule has 0 bridgehead atoms. The van der Waals surface area contributed by atoms with Crippen molar-refractivity contribution in [2.75, 3.05) is 13.7 Å². The second-order valence-corrected chi connectivity index (χ2v) is 9.13. The number of esters is 1. The van der Waals surface area contributed by atoms with Gasteiger partial charge in [-0.3, -0.25) is 19.3 Å². The molecular weight excluding hydrogens is 450 g/mol. The van der Waals surface area contributed by atoms with Gasteiger partial charge in [0.05, 0.1) is 7.11 Å². The van der Waals surface area contributed by atoms with Crippen LogP contribution in [-0.2, 0) is 23.9 Å². The van der Waals surface area contributed by atoms with Crippen LogP contribution in [0, 0.1) is 30.7 Å². The third-order valence-corrected chi connectivity index (χ3v) is 4.61. The van der Waals surface area contributed by atoms with Gasteiger partial charge < -0.3 is 20.1 Å². The predicted octanol–water partition coefficient (Wildman–Crippen LogP) is 2.36. The number of carbonyl (C=O) groups excluding carboxylic acids is 4. The Morgan fingerprint density at radius 1 is 1.09 bits per heavy atom. The average Bonchev–Trinajstić information content (AvgIpc) is 2.78. The van der Waals surface area contributed by atoms with Crippen LogP contribution in [0.3, 0.4) is 0 Å². The van der Waals surface area contributed by atoms with Gasteiger partial charge in [-0.15, -0.1) is 6.42 Å². The monoisotopic (exact) mass is 483 g/mol. The third kappa shape index (κ3) is 9.42. The summed E-state index contributed by atoms with van der Waals surface area (Å²) in [6.07, 6.45) is 10.6. The molecule has 0 aliphatic rings. The molecule has 2 unspecified atom stereocenters. The van der Waals surface area contributed by atoms with Crippen molar-refractivity contribution in [3.05, 3.63) is 35.4 Å². The number of carbonyl (C=O) groups is 4. The zero-order chi connectivity index (χ0) is 26.8. The number of hydrogen-bond acceptors (Lipinski definition) is 6. The van der Waals surface area contributed by atoms with Gasteiger partial charge in [-0.1, -0.05) is 38.3 Å². The van der Waals surface area contributed by atoms with Crippen molar-refractivity contribution in [3.8, 4) is 24.8 Å². The molecule has 9 nitrogen and oxygen atoms in total. The topological polar surface area (TPSA) is 114 Å². The fourth-order valence-corrected chi connectivity index (χ4v) is 3.08. The first-order valence-electron chi connectivity index (χ1n) is 11.0. The fourth-order valence-electron chi connectivity index (χ4n) is 3.08. The summed E-state index contributed by atoms with van der Waals surface area (Å²) in [7, 11) is 1.18. The average molecular weight is 484 g/mol. The highest BCUT2D eigenvalue weighted by molar-refractivity contribution is 5.94. The smallest absolute Gasteiger partial charge is 0.408 e. The number of terminal acetylenes is 2. The first-order chi connectivity index (χ1) is 16.3. The molecule has 2 atom stereocenters. The summed E-state index contributed by atoms with van der Waals surface area (Å²) in [4.78, 5) is 51.5. The Kier molecular flexibility index (Phi) is 10.8. The minimum Gasteiger partial charge on any atom is -0.468 e. The number of hydrogen-bond donors (Lipinski definition) is 2. The first kappa shape index (κ1) is 29.1. The van der Waals surface area contributed by atoms with Gasteiger partial charge in [-0.2, -0.15) is 0 Å². The number of ether oxygens (including phenoxy) is 2. The molecule has 9 heteroatoms. The van der Waals surface area contributed by atoms with Crippen molar-refractivity contribution in [1.29, 1.82) is 0 Å². The Labute approximate surface area is 206 Å². The quantitative estimate of drug-likeness (QED) is 0.317. The Morgan fingerprint density at radius 2 is 1.69 bits per heavy atom. The molecule has 188 valence electrons. The van der Waals surface area contributed by atoms with Gasteiger partial charge in [-0.05, 0) is 50.8 Å². The lowest BCUT2D eigenvalue weighted by Gasteiger charge is -2.31. The van der Waals surface area contributed by atoms with Crippen molar-refractivity contribution in [2.45, 2.75) is 58.7 Å². The van der Waals surface area contributed by atoms with E-state index in [0.29, 0.717) is 11.1 Å². The molecule has 35 heavy (non-hydrogen) atoms. The van der Waals surface area contributed by atoms with E-state index in [1.807, 2.05) is 13.8 Å². The first-order valence-corrected chi connectivity index (χ1v) is 11.0. The summed E-state index contributed by atoms with van der Waals surface area (Å²) in [5.74, 6) is 0.393. The van der Waals surface area contributed by atoms with E-state index in [9.17, 15) is 19.2 Å². The Hall–Kier alpha value is -3.98. The van der Waals surface area contributed by atoms with Crippen LogP contribution in [0.5, 0.6) is 0 Å². The molecule has 0 aliphatic carbocycles. The Morgan fingerprint density at radius 3 is 2.14 bits per heavy atom. The van der Waals surface area contributed by atoms with E-state index in [-0.39, 0.29) is 12.3 Å². The lowest BCUT2D eigenvalue weighted by atomic mass is 9.99. The molecule has 0 aliphatic heterocycles. The van der Waals surface area contributed by atoms with Crippen LogP contribution in [0.15, 0.2) is 24.3 Å². The molecule has 3 amide bonds. The normalized spacial score (nSPS) is 12.4. The van der Waals surface area contributed by atoms with Gasteiger partial charge in [0.2, 0.25) is 5.91 Å². The molecular formula is C26H33N3O6. The van der Waals surface area contributed by atoms with E-state index in [1.54, 1.807) is 45.0 Å². The number of benzene rings is 1. The highest BCUT2D eigenvalue weighted by atomic mass is 16.6. The molecule has 1 aromatic rings. The molecule has 1 rings (SSSR count). The fraction of sp³-hybridized carbons (Fsp3) is 0.462. The van der Waals surface area contributed by atoms with Gasteiger partial charge in [-0.25, -0.2) is 4.79 Å². The Balaban J connectivity index is 3.38. The van der Waals surface area contributed by atoms with Gasteiger partial charge in [0.25, 0.3) is 5.91 Å².